The highest BCUT2D eigenvalue weighted by Crippen LogP contribution is 2.54. The Balaban J connectivity index is 1.23. The summed E-state index contributed by atoms with van der Waals surface area (Å²) in [6.45, 7) is 5.57. The quantitative estimate of drug-likeness (QED) is 0.0514. The van der Waals surface area contributed by atoms with Gasteiger partial charge in [-0.05, 0) is 94.5 Å². The van der Waals surface area contributed by atoms with Crippen LogP contribution < -0.4 is 10.6 Å². The van der Waals surface area contributed by atoms with E-state index in [4.69, 9.17) is 4.52 Å². The second-order valence-corrected chi connectivity index (χ2v) is 18.0. The van der Waals surface area contributed by atoms with E-state index in [-0.39, 0.29) is 17.2 Å². The first kappa shape index (κ1) is 41.6. The van der Waals surface area contributed by atoms with E-state index in [1.165, 1.54) is 18.6 Å². The monoisotopic (exact) mass is 788 g/mol. The molecule has 0 aromatic heterocycles. The molecule has 2 aliphatic carbocycles. The van der Waals surface area contributed by atoms with Crippen LogP contribution in [-0.2, 0) is 20.9 Å². The van der Waals surface area contributed by atoms with Gasteiger partial charge in [-0.15, -0.1) is 0 Å². The summed E-state index contributed by atoms with van der Waals surface area (Å²) in [5.74, 6) is -0.263. The van der Waals surface area contributed by atoms with Crippen molar-refractivity contribution in [1.82, 2.24) is 10.6 Å². The van der Waals surface area contributed by atoms with Gasteiger partial charge < -0.3 is 15.2 Å². The zero-order valence-corrected chi connectivity index (χ0v) is 33.5. The summed E-state index contributed by atoms with van der Waals surface area (Å²) >= 11 is 0. The minimum absolute atomic E-state index is 0.273. The van der Waals surface area contributed by atoms with Gasteiger partial charge in [-0.3, -0.25) is 9.59 Å². The number of carbonyl (C=O) groups excluding carboxylic acids is 2. The van der Waals surface area contributed by atoms with Crippen molar-refractivity contribution >= 4 is 20.0 Å². The molecule has 4 aromatic carbocycles. The minimum atomic E-state index is -4.46. The van der Waals surface area contributed by atoms with E-state index in [1.54, 1.807) is 24.3 Å². The Morgan fingerprint density at radius 1 is 0.839 bits per heavy atom. The molecular weight excluding hydrogens is 735 g/mol. The highest BCUT2D eigenvalue weighted by atomic mass is 31.1. The Hall–Kier alpha value is -4.07. The molecule has 4 aromatic rings. The molecule has 6 rings (SSSR count). The molecule has 10 heteroatoms. The van der Waals surface area contributed by atoms with Crippen molar-refractivity contribution in [2.45, 2.75) is 96.4 Å². The van der Waals surface area contributed by atoms with Crippen LogP contribution in [0.5, 0.6) is 0 Å². The van der Waals surface area contributed by atoms with Crippen molar-refractivity contribution < 1.29 is 31.7 Å². The zero-order valence-electron chi connectivity index (χ0n) is 32.6. The van der Waals surface area contributed by atoms with E-state index in [0.29, 0.717) is 41.9 Å². The van der Waals surface area contributed by atoms with Gasteiger partial charge in [-0.1, -0.05) is 138 Å². The fourth-order valence-corrected chi connectivity index (χ4v) is 11.1. The van der Waals surface area contributed by atoms with Gasteiger partial charge in [-0.2, -0.15) is 13.2 Å². The van der Waals surface area contributed by atoms with E-state index in [0.717, 1.165) is 78.8 Å². The third-order valence-corrected chi connectivity index (χ3v) is 14.2. The smallest absolute Gasteiger partial charge is 0.336 e. The molecule has 2 atom stereocenters. The normalized spacial score (nSPS) is 16.4. The van der Waals surface area contributed by atoms with Crippen LogP contribution in [0.4, 0.5) is 17.6 Å². The number of alkyl halides is 4. The zero-order chi connectivity index (χ0) is 39.9. The molecule has 2 aliphatic rings. The van der Waals surface area contributed by atoms with E-state index in [2.05, 4.69) is 31.4 Å². The Kier molecular flexibility index (Phi) is 13.4. The third-order valence-electron chi connectivity index (χ3n) is 11.5. The Bertz CT molecular complexity index is 1910. The number of hydrogen-bond acceptors (Lipinski definition) is 3. The standard InChI is InChI=1S/C46H53F4N2O3P/c1-4-28-56(30-44(2,3)26-27-45(43(54)51-31-47)39-20-12-10-17-36(39)37-18-11-13-21-40(37)45)55-41(29-32-14-6-5-7-15-32)52-42(53)38-19-9-8-16-35(38)33-22-24-34(25-23-33)46(48,49)50/h8-13,16-25,32,41H,4-7,14-15,26-31H2,1-3H3,(H,51,54)(H,52,53). The predicted octanol–water partition coefficient (Wildman–Crippen LogP) is 12.0. The highest BCUT2D eigenvalue weighted by molar-refractivity contribution is 7.52. The van der Waals surface area contributed by atoms with Gasteiger partial charge in [0.05, 0.1) is 5.56 Å². The molecule has 0 saturated heterocycles. The molecule has 2 unspecified atom stereocenters. The van der Waals surface area contributed by atoms with Gasteiger partial charge in [0.15, 0.2) is 6.80 Å². The molecule has 1 fully saturated rings. The van der Waals surface area contributed by atoms with Gasteiger partial charge in [-0.25, -0.2) is 4.39 Å². The van der Waals surface area contributed by atoms with Crippen LogP contribution in [-0.4, -0.2) is 37.2 Å². The SMILES string of the molecule is CCCP(CC(C)(C)CCC1(C(=O)NCF)c2ccccc2-c2ccccc21)OC(CC1CCCCC1)NC(=O)c1ccccc1-c1ccc(C(F)(F)F)cc1. The first-order chi connectivity index (χ1) is 26.9. The van der Waals surface area contributed by atoms with E-state index in [9.17, 15) is 27.2 Å². The van der Waals surface area contributed by atoms with Gasteiger partial charge >= 0.3 is 6.18 Å². The lowest BCUT2D eigenvalue weighted by molar-refractivity contribution is -0.137. The average Bonchev–Trinajstić information content (AvgIpc) is 3.48. The number of rotatable bonds is 16. The van der Waals surface area contributed by atoms with Crippen LogP contribution in [0.3, 0.4) is 0 Å². The molecule has 0 radical (unpaired) electrons. The van der Waals surface area contributed by atoms with Crippen molar-refractivity contribution in [2.75, 3.05) is 19.1 Å². The topological polar surface area (TPSA) is 67.4 Å². The van der Waals surface area contributed by atoms with E-state index in [1.807, 2.05) is 48.5 Å². The van der Waals surface area contributed by atoms with Crippen LogP contribution in [0.15, 0.2) is 97.1 Å². The highest BCUT2D eigenvalue weighted by Gasteiger charge is 2.49. The molecular formula is C46H53F4N2O3P. The van der Waals surface area contributed by atoms with Crippen molar-refractivity contribution in [3.8, 4) is 22.3 Å². The molecule has 56 heavy (non-hydrogen) atoms. The largest absolute Gasteiger partial charge is 0.416 e. The summed E-state index contributed by atoms with van der Waals surface area (Å²) < 4.78 is 60.7. The Labute approximate surface area is 329 Å². The Morgan fingerprint density at radius 2 is 1.43 bits per heavy atom. The lowest BCUT2D eigenvalue weighted by atomic mass is 9.70. The van der Waals surface area contributed by atoms with Crippen LogP contribution >= 0.6 is 8.15 Å². The number of hydrogen-bond donors (Lipinski definition) is 2. The molecule has 2 amide bonds. The molecule has 0 aliphatic heterocycles. The fraction of sp³-hybridized carbons (Fsp3) is 0.435. The number of halogens is 4. The molecule has 0 bridgehead atoms. The van der Waals surface area contributed by atoms with Crippen LogP contribution in [0.1, 0.15) is 106 Å². The van der Waals surface area contributed by atoms with Gasteiger partial charge in [0.1, 0.15) is 11.6 Å². The Morgan fingerprint density at radius 3 is 2.02 bits per heavy atom. The van der Waals surface area contributed by atoms with Crippen LogP contribution in [0.2, 0.25) is 0 Å². The number of carbonyl (C=O) groups is 2. The van der Waals surface area contributed by atoms with Gasteiger partial charge in [0.2, 0.25) is 5.91 Å². The van der Waals surface area contributed by atoms with Crippen LogP contribution in [0.25, 0.3) is 22.3 Å². The number of nitrogens with one attached hydrogen (secondary N) is 2. The van der Waals surface area contributed by atoms with Crippen molar-refractivity contribution in [2.24, 2.45) is 11.3 Å². The fourth-order valence-electron chi connectivity index (χ4n) is 8.69. The molecule has 0 heterocycles. The van der Waals surface area contributed by atoms with Crippen LogP contribution in [0, 0.1) is 11.3 Å². The number of amides is 2. The summed E-state index contributed by atoms with van der Waals surface area (Å²) in [6, 6.07) is 27.7. The van der Waals surface area contributed by atoms with E-state index < -0.39 is 38.3 Å². The first-order valence-corrected chi connectivity index (χ1v) is 21.5. The first-order valence-electron chi connectivity index (χ1n) is 19.9. The molecule has 5 nitrogen and oxygen atoms in total. The number of benzene rings is 4. The van der Waals surface area contributed by atoms with Crippen molar-refractivity contribution in [3.05, 3.63) is 119 Å². The van der Waals surface area contributed by atoms with Gasteiger partial charge in [0, 0.05) is 13.7 Å². The van der Waals surface area contributed by atoms with Crippen molar-refractivity contribution in [1.29, 1.82) is 0 Å². The molecule has 2 N–H and O–H groups in total. The maximum Gasteiger partial charge on any atom is 0.416 e. The molecule has 298 valence electrons. The molecule has 1 saturated carbocycles. The van der Waals surface area contributed by atoms with E-state index >= 15 is 0 Å². The predicted molar refractivity (Wildman–Crippen MR) is 217 cm³/mol. The second kappa shape index (κ2) is 18.0. The number of fused-ring (bicyclic) bond motifs is 3. The third kappa shape index (κ3) is 9.37. The van der Waals surface area contributed by atoms with Crippen molar-refractivity contribution in [3.63, 3.8) is 0 Å². The van der Waals surface area contributed by atoms with Gasteiger partial charge in [0.25, 0.3) is 5.91 Å². The summed E-state index contributed by atoms with van der Waals surface area (Å²) in [6.07, 6.45) is 4.91. The summed E-state index contributed by atoms with van der Waals surface area (Å²) in [5.41, 5.74) is 3.16. The lowest BCUT2D eigenvalue weighted by Crippen LogP contribution is -2.44. The minimum Gasteiger partial charge on any atom is -0.336 e. The summed E-state index contributed by atoms with van der Waals surface area (Å²) in [5, 5.41) is 5.74. The summed E-state index contributed by atoms with van der Waals surface area (Å²) in [4.78, 5) is 28.1. The maximum absolute atomic E-state index is 14.1. The second-order valence-electron chi connectivity index (χ2n) is 16.1. The molecule has 0 spiro atoms. The lowest BCUT2D eigenvalue weighted by Gasteiger charge is -2.37. The average molecular weight is 789 g/mol. The summed E-state index contributed by atoms with van der Waals surface area (Å²) in [7, 11) is -1.03. The maximum atomic E-state index is 14.1.